The Hall–Kier alpha value is -6.38. The van der Waals surface area contributed by atoms with Gasteiger partial charge in [0.05, 0.1) is 11.4 Å². The Morgan fingerprint density at radius 2 is 0.875 bits per heavy atom. The molecule has 0 saturated heterocycles. The van der Waals surface area contributed by atoms with Crippen molar-refractivity contribution in [3.8, 4) is 33.4 Å². The van der Waals surface area contributed by atoms with Gasteiger partial charge in [0.1, 0.15) is 11.2 Å². The number of hydrogen-bond donors (Lipinski definition) is 0. The zero-order valence-electron chi connectivity index (χ0n) is 26.3. The highest BCUT2D eigenvalue weighted by molar-refractivity contribution is 6.08. The van der Waals surface area contributed by atoms with Gasteiger partial charge in [-0.2, -0.15) is 0 Å². The molecule has 0 fully saturated rings. The van der Waals surface area contributed by atoms with Gasteiger partial charge in [-0.1, -0.05) is 152 Å². The monoisotopic (exact) mass is 613 g/mol. The molecule has 0 radical (unpaired) electrons. The smallest absolute Gasteiger partial charge is 0.137 e. The molecule has 1 heterocycles. The molecule has 0 aliphatic heterocycles. The lowest BCUT2D eigenvalue weighted by Gasteiger charge is -2.29. The minimum Gasteiger partial charge on any atom is -0.456 e. The molecule has 226 valence electrons. The number of benzene rings is 8. The first-order valence-electron chi connectivity index (χ1n) is 16.4. The molecule has 9 rings (SSSR count). The van der Waals surface area contributed by atoms with Crippen molar-refractivity contribution in [2.24, 2.45) is 0 Å². The third-order valence-corrected chi connectivity index (χ3v) is 9.29. The number of rotatable bonds is 6. The number of nitrogens with zero attached hydrogens (tertiary/aromatic N) is 1. The molecule has 0 aliphatic carbocycles. The second kappa shape index (κ2) is 11.8. The summed E-state index contributed by atoms with van der Waals surface area (Å²) in [4.78, 5) is 2.39. The van der Waals surface area contributed by atoms with E-state index >= 15 is 0 Å². The van der Waals surface area contributed by atoms with Gasteiger partial charge in [0, 0.05) is 33.5 Å². The molecule has 8 aromatic carbocycles. The largest absolute Gasteiger partial charge is 0.456 e. The summed E-state index contributed by atoms with van der Waals surface area (Å²) in [5, 5.41) is 4.62. The quantitative estimate of drug-likeness (QED) is 0.185. The van der Waals surface area contributed by atoms with Crippen LogP contribution < -0.4 is 4.90 Å². The molecule has 0 atom stereocenters. The minimum atomic E-state index is 0.869. The van der Waals surface area contributed by atoms with Crippen LogP contribution in [0.5, 0.6) is 0 Å². The van der Waals surface area contributed by atoms with Crippen LogP contribution in [0.15, 0.2) is 192 Å². The first-order chi connectivity index (χ1) is 23.8. The summed E-state index contributed by atoms with van der Waals surface area (Å²) in [6.45, 7) is 0. The SMILES string of the molecule is c1ccc(-c2ccccc2-c2ccccc2-c2ccccc2N(c2ccc3c(c2)oc2ccccc23)c2cccc3ccccc23)cc1. The van der Waals surface area contributed by atoms with Crippen molar-refractivity contribution in [3.63, 3.8) is 0 Å². The fraction of sp³-hybridized carbons (Fsp3) is 0. The van der Waals surface area contributed by atoms with E-state index in [2.05, 4.69) is 181 Å². The van der Waals surface area contributed by atoms with Crippen LogP contribution in [-0.4, -0.2) is 0 Å². The molecule has 0 bridgehead atoms. The zero-order chi connectivity index (χ0) is 31.9. The highest BCUT2D eigenvalue weighted by atomic mass is 16.3. The second-order valence-electron chi connectivity index (χ2n) is 12.1. The lowest BCUT2D eigenvalue weighted by atomic mass is 9.88. The summed E-state index contributed by atoms with van der Waals surface area (Å²) in [6, 6.07) is 66.9. The minimum absolute atomic E-state index is 0.869. The summed E-state index contributed by atoms with van der Waals surface area (Å²) in [7, 11) is 0. The molecule has 0 amide bonds. The Morgan fingerprint density at radius 3 is 1.69 bits per heavy atom. The van der Waals surface area contributed by atoms with E-state index in [9.17, 15) is 0 Å². The van der Waals surface area contributed by atoms with Gasteiger partial charge < -0.3 is 9.32 Å². The maximum atomic E-state index is 6.42. The molecule has 0 spiro atoms. The predicted octanol–water partition coefficient (Wildman–Crippen LogP) is 13.2. The molecule has 0 unspecified atom stereocenters. The molecule has 0 saturated carbocycles. The third-order valence-electron chi connectivity index (χ3n) is 9.29. The Bertz CT molecular complexity index is 2570. The van der Waals surface area contributed by atoms with Crippen LogP contribution in [0.4, 0.5) is 17.1 Å². The van der Waals surface area contributed by atoms with E-state index in [-0.39, 0.29) is 0 Å². The number of hydrogen-bond acceptors (Lipinski definition) is 2. The lowest BCUT2D eigenvalue weighted by Crippen LogP contribution is -2.12. The van der Waals surface area contributed by atoms with Crippen molar-refractivity contribution in [3.05, 3.63) is 188 Å². The fourth-order valence-electron chi connectivity index (χ4n) is 7.10. The van der Waals surface area contributed by atoms with Crippen LogP contribution in [-0.2, 0) is 0 Å². The first-order valence-corrected chi connectivity index (χ1v) is 16.4. The third kappa shape index (κ3) is 4.74. The summed E-state index contributed by atoms with van der Waals surface area (Å²) in [5.41, 5.74) is 12.1. The van der Waals surface area contributed by atoms with Gasteiger partial charge in [-0.05, 0) is 63.5 Å². The van der Waals surface area contributed by atoms with E-state index in [0.29, 0.717) is 0 Å². The molecular weight excluding hydrogens is 583 g/mol. The molecule has 1 aromatic heterocycles. The average Bonchev–Trinajstić information content (AvgIpc) is 3.54. The highest BCUT2D eigenvalue weighted by Gasteiger charge is 2.22. The van der Waals surface area contributed by atoms with Gasteiger partial charge in [0.25, 0.3) is 0 Å². The Balaban J connectivity index is 1.30. The number of fused-ring (bicyclic) bond motifs is 4. The van der Waals surface area contributed by atoms with Gasteiger partial charge in [-0.15, -0.1) is 0 Å². The van der Waals surface area contributed by atoms with Crippen molar-refractivity contribution in [1.29, 1.82) is 0 Å². The van der Waals surface area contributed by atoms with Crippen LogP contribution in [0.2, 0.25) is 0 Å². The number of para-hydroxylation sites is 2. The van der Waals surface area contributed by atoms with E-state index in [4.69, 9.17) is 4.42 Å². The van der Waals surface area contributed by atoms with Crippen LogP contribution in [0.3, 0.4) is 0 Å². The summed E-state index contributed by atoms with van der Waals surface area (Å²) < 4.78 is 6.42. The van der Waals surface area contributed by atoms with Gasteiger partial charge in [0.2, 0.25) is 0 Å². The average molecular weight is 614 g/mol. The standard InChI is InChI=1S/C46H31NO/c1-2-15-32(16-3-1)35-19-6-7-21-37(35)38-22-8-9-23-39(38)40-24-10-12-26-44(40)47(43-27-14-18-33-17-4-5-20-36(33)43)34-29-30-42-41-25-11-13-28-45(41)48-46(42)31-34/h1-31H. The van der Waals surface area contributed by atoms with Gasteiger partial charge in [0.15, 0.2) is 0 Å². The zero-order valence-corrected chi connectivity index (χ0v) is 26.3. The summed E-state index contributed by atoms with van der Waals surface area (Å²) >= 11 is 0. The Kier molecular flexibility index (Phi) is 6.84. The van der Waals surface area contributed by atoms with Crippen LogP contribution in [0.1, 0.15) is 0 Å². The summed E-state index contributed by atoms with van der Waals surface area (Å²) in [5.74, 6) is 0. The van der Waals surface area contributed by atoms with Gasteiger partial charge in [-0.25, -0.2) is 0 Å². The Labute approximate surface area is 279 Å². The van der Waals surface area contributed by atoms with E-state index < -0.39 is 0 Å². The van der Waals surface area contributed by atoms with E-state index in [1.54, 1.807) is 0 Å². The molecular formula is C46H31NO. The Morgan fingerprint density at radius 1 is 0.333 bits per heavy atom. The molecule has 9 aromatic rings. The lowest BCUT2D eigenvalue weighted by molar-refractivity contribution is 0.669. The van der Waals surface area contributed by atoms with Crippen LogP contribution >= 0.6 is 0 Å². The van der Waals surface area contributed by atoms with Crippen molar-refractivity contribution in [1.82, 2.24) is 0 Å². The van der Waals surface area contributed by atoms with Crippen molar-refractivity contribution in [2.75, 3.05) is 4.90 Å². The van der Waals surface area contributed by atoms with Crippen LogP contribution in [0, 0.1) is 0 Å². The number of anilines is 3. The van der Waals surface area contributed by atoms with Gasteiger partial charge in [-0.3, -0.25) is 0 Å². The fourth-order valence-corrected chi connectivity index (χ4v) is 7.10. The van der Waals surface area contributed by atoms with E-state index in [1.807, 2.05) is 12.1 Å². The molecule has 48 heavy (non-hydrogen) atoms. The van der Waals surface area contributed by atoms with E-state index in [0.717, 1.165) is 44.6 Å². The molecule has 2 heteroatoms. The molecule has 0 N–H and O–H groups in total. The van der Waals surface area contributed by atoms with Crippen molar-refractivity contribution < 1.29 is 4.42 Å². The van der Waals surface area contributed by atoms with Crippen molar-refractivity contribution in [2.45, 2.75) is 0 Å². The first kappa shape index (κ1) is 27.9. The normalized spacial score (nSPS) is 11.3. The van der Waals surface area contributed by atoms with Crippen LogP contribution in [0.25, 0.3) is 66.1 Å². The van der Waals surface area contributed by atoms with Crippen molar-refractivity contribution >= 4 is 49.8 Å². The second-order valence-corrected chi connectivity index (χ2v) is 12.1. The van der Waals surface area contributed by atoms with Gasteiger partial charge >= 0.3 is 0 Å². The molecule has 0 aliphatic rings. The highest BCUT2D eigenvalue weighted by Crippen LogP contribution is 2.47. The summed E-state index contributed by atoms with van der Waals surface area (Å²) in [6.07, 6.45) is 0. The maximum Gasteiger partial charge on any atom is 0.137 e. The molecule has 2 nitrogen and oxygen atoms in total. The predicted molar refractivity (Wildman–Crippen MR) is 202 cm³/mol. The van der Waals surface area contributed by atoms with E-state index in [1.165, 1.54) is 38.6 Å². The number of furan rings is 1. The maximum absolute atomic E-state index is 6.42. The topological polar surface area (TPSA) is 16.4 Å².